The summed E-state index contributed by atoms with van der Waals surface area (Å²) in [6.07, 6.45) is 65.9. The Morgan fingerprint density at radius 1 is 0.212 bits per heavy atom. The van der Waals surface area contributed by atoms with Gasteiger partial charge < -0.3 is 60.0 Å². The second-order valence-corrected chi connectivity index (χ2v) is 25.0. The molecule has 4 radical (unpaired) electrons. The summed E-state index contributed by atoms with van der Waals surface area (Å²) in [6, 6.07) is 0. The van der Waals surface area contributed by atoms with E-state index in [1.807, 2.05) is 0 Å². The quantitative estimate of drug-likeness (QED) is 0.0328. The van der Waals surface area contributed by atoms with E-state index in [1.54, 1.807) is 0 Å². The number of carbonyl (C=O) groups excluding carboxylic acids is 4. The van der Waals surface area contributed by atoms with Crippen molar-refractivity contribution >= 4 is 51.2 Å². The predicted molar refractivity (Wildman–Crippen MR) is 350 cm³/mol. The summed E-state index contributed by atoms with van der Waals surface area (Å²) in [5, 5.41) is 78.6. The second-order valence-electron chi connectivity index (χ2n) is 25.0. The van der Waals surface area contributed by atoms with Crippen LogP contribution in [0.25, 0.3) is 0 Å². The van der Waals surface area contributed by atoms with Gasteiger partial charge in [-0.05, 0) is 25.7 Å². The van der Waals surface area contributed by atoms with Gasteiger partial charge in [0.15, 0.2) is 0 Å². The number of carbonyl (C=O) groups is 4. The van der Waals surface area contributed by atoms with Crippen LogP contribution in [-0.4, -0.2) is 96.0 Å². The minimum absolute atomic E-state index is 0. The fraction of sp³-hybridized carbons (Fsp3) is 0.944. The molecule has 508 valence electrons. The van der Waals surface area contributed by atoms with Crippen LogP contribution in [0.4, 0.5) is 0 Å². The van der Waals surface area contributed by atoms with Gasteiger partial charge in [-0.2, -0.15) is 0 Å². The number of rotatable bonds is 64. The van der Waals surface area contributed by atoms with Crippen LogP contribution in [-0.2, 0) is 19.2 Å². The monoisotopic (exact) mass is 1410 g/mol. The third-order valence-corrected chi connectivity index (χ3v) is 16.2. The molecule has 0 amide bonds. The predicted octanol–water partition coefficient (Wildman–Crippen LogP) is 15.5. The third kappa shape index (κ3) is 96.5. The molecular formula is C72H140O12Pb-4. The van der Waals surface area contributed by atoms with Crippen molar-refractivity contribution in [2.75, 3.05) is 0 Å². The van der Waals surface area contributed by atoms with Crippen molar-refractivity contribution < 1.29 is 60.0 Å². The van der Waals surface area contributed by atoms with E-state index >= 15 is 0 Å². The van der Waals surface area contributed by atoms with Crippen molar-refractivity contribution in [2.24, 2.45) is 0 Å². The zero-order valence-electron chi connectivity index (χ0n) is 56.3. The van der Waals surface area contributed by atoms with Crippen molar-refractivity contribution in [1.82, 2.24) is 0 Å². The summed E-state index contributed by atoms with van der Waals surface area (Å²) in [7, 11) is 0. The average Bonchev–Trinajstić information content (AvgIpc) is 3.43. The molecule has 0 spiro atoms. The SMILES string of the molecule is CCCCCCCCCCCCCCCC(O)CC(=O)[O-].CCCCCCCCCCCCCCCC(O)CC(=O)[O-].CCCCCCCCCCCCCCCC(O)CC(=O)[O-].CCCCCCCCCCCCCCCC(O)CC(=O)[O-].[Pb]. The Hall–Kier alpha value is -1.36. The van der Waals surface area contributed by atoms with Crippen LogP contribution >= 0.6 is 0 Å². The van der Waals surface area contributed by atoms with E-state index in [4.69, 9.17) is 0 Å². The minimum atomic E-state index is -1.16. The van der Waals surface area contributed by atoms with Crippen LogP contribution in [0.3, 0.4) is 0 Å². The summed E-state index contributed by atoms with van der Waals surface area (Å²) in [5.41, 5.74) is 0. The molecule has 4 N–H and O–H groups in total. The van der Waals surface area contributed by atoms with E-state index in [1.165, 1.54) is 283 Å². The molecular weight excluding hydrogens is 1260 g/mol. The van der Waals surface area contributed by atoms with Crippen molar-refractivity contribution in [3.8, 4) is 0 Å². The second kappa shape index (κ2) is 80.7. The molecule has 0 heterocycles. The van der Waals surface area contributed by atoms with Crippen LogP contribution in [0.2, 0.25) is 0 Å². The minimum Gasteiger partial charge on any atom is -0.550 e. The zero-order chi connectivity index (χ0) is 63.0. The Morgan fingerprint density at radius 3 is 0.400 bits per heavy atom. The Kier molecular flexibility index (Phi) is 87.6. The topological polar surface area (TPSA) is 241 Å². The number of carboxylic acids is 4. The van der Waals surface area contributed by atoms with Crippen LogP contribution in [0.5, 0.6) is 0 Å². The fourth-order valence-electron chi connectivity index (χ4n) is 10.8. The van der Waals surface area contributed by atoms with Gasteiger partial charge in [0, 0.05) is 76.9 Å². The molecule has 0 aliphatic rings. The molecule has 4 unspecified atom stereocenters. The standard InChI is InChI=1S/4C18H36O3.Pb/c4*1-2-3-4-5-6-7-8-9-10-11-12-13-14-15-17(19)16-18(20)21;/h4*17,19H,2-16H2,1H3,(H,20,21);/p-4. The number of hydrogen-bond acceptors (Lipinski definition) is 12. The van der Waals surface area contributed by atoms with E-state index in [2.05, 4.69) is 27.7 Å². The number of aliphatic hydroxyl groups excluding tert-OH is 4. The molecule has 0 bridgehead atoms. The largest absolute Gasteiger partial charge is 0.550 e. The molecule has 0 saturated heterocycles. The first-order chi connectivity index (χ1) is 40.7. The molecule has 0 rings (SSSR count). The van der Waals surface area contributed by atoms with Gasteiger partial charge in [0.25, 0.3) is 0 Å². The molecule has 0 fully saturated rings. The Balaban J connectivity index is -0.000000333. The van der Waals surface area contributed by atoms with E-state index < -0.39 is 48.3 Å². The average molecular weight is 1410 g/mol. The molecule has 0 aliphatic carbocycles. The molecule has 0 aromatic carbocycles. The van der Waals surface area contributed by atoms with Crippen molar-refractivity contribution in [1.29, 1.82) is 0 Å². The van der Waals surface area contributed by atoms with E-state index in [9.17, 15) is 60.0 Å². The number of aliphatic hydroxyl groups is 4. The van der Waals surface area contributed by atoms with Gasteiger partial charge in [-0.3, -0.25) is 0 Å². The van der Waals surface area contributed by atoms with Crippen molar-refractivity contribution in [3.05, 3.63) is 0 Å². The number of carboxylic acid groups (broad SMARTS) is 4. The van der Waals surface area contributed by atoms with Gasteiger partial charge >= 0.3 is 0 Å². The summed E-state index contributed by atoms with van der Waals surface area (Å²) in [5.74, 6) is -4.62. The number of unbranched alkanes of at least 4 members (excludes halogenated alkanes) is 48. The van der Waals surface area contributed by atoms with E-state index in [-0.39, 0.29) is 53.0 Å². The van der Waals surface area contributed by atoms with Crippen LogP contribution in [0.15, 0.2) is 0 Å². The van der Waals surface area contributed by atoms with Gasteiger partial charge in [0.05, 0.1) is 24.4 Å². The van der Waals surface area contributed by atoms with Gasteiger partial charge in [0.2, 0.25) is 0 Å². The summed E-state index contributed by atoms with van der Waals surface area (Å²) >= 11 is 0. The first kappa shape index (κ1) is 92.4. The Labute approximate surface area is 545 Å². The maximum absolute atomic E-state index is 10.3. The molecule has 0 aromatic rings. The Bertz CT molecular complexity index is 1110. The van der Waals surface area contributed by atoms with Gasteiger partial charge in [-0.15, -0.1) is 0 Å². The maximum atomic E-state index is 10.3. The van der Waals surface area contributed by atoms with Gasteiger partial charge in [-0.25, -0.2) is 0 Å². The smallest absolute Gasteiger partial charge is 0.0592 e. The number of aliphatic carboxylic acids is 4. The molecule has 12 nitrogen and oxygen atoms in total. The van der Waals surface area contributed by atoms with Crippen molar-refractivity contribution in [2.45, 2.75) is 437 Å². The van der Waals surface area contributed by atoms with Crippen molar-refractivity contribution in [3.63, 3.8) is 0 Å². The molecule has 0 aliphatic heterocycles. The summed E-state index contributed by atoms with van der Waals surface area (Å²) in [4.78, 5) is 41.1. The third-order valence-electron chi connectivity index (χ3n) is 16.2. The van der Waals surface area contributed by atoms with Crippen LogP contribution in [0.1, 0.15) is 413 Å². The molecule has 0 saturated carbocycles. The summed E-state index contributed by atoms with van der Waals surface area (Å²) < 4.78 is 0. The fourth-order valence-corrected chi connectivity index (χ4v) is 10.8. The van der Waals surface area contributed by atoms with E-state index in [0.717, 1.165) is 51.4 Å². The first-order valence-corrected chi connectivity index (χ1v) is 36.2. The zero-order valence-corrected chi connectivity index (χ0v) is 60.2. The van der Waals surface area contributed by atoms with Gasteiger partial charge in [-0.1, -0.05) is 362 Å². The molecule has 85 heavy (non-hydrogen) atoms. The van der Waals surface area contributed by atoms with Crippen LogP contribution < -0.4 is 20.4 Å². The van der Waals surface area contributed by atoms with Gasteiger partial charge in [0.1, 0.15) is 0 Å². The Morgan fingerprint density at radius 2 is 0.306 bits per heavy atom. The molecule has 0 aromatic heterocycles. The number of hydrogen-bond donors (Lipinski definition) is 4. The van der Waals surface area contributed by atoms with Crippen LogP contribution in [0, 0.1) is 0 Å². The molecule has 4 atom stereocenters. The summed E-state index contributed by atoms with van der Waals surface area (Å²) in [6.45, 7) is 9.02. The molecule has 13 heteroatoms. The normalized spacial score (nSPS) is 12.3. The first-order valence-electron chi connectivity index (χ1n) is 36.2. The van der Waals surface area contributed by atoms with E-state index in [0.29, 0.717) is 25.7 Å². The maximum Gasteiger partial charge on any atom is 0.0592 e.